The molecule has 1 aromatic heterocycles. The number of aliphatic hydroxyl groups excluding tert-OH is 1. The third kappa shape index (κ3) is 2.07. The molecule has 4 heteroatoms. The minimum atomic E-state index is 0.285. The van der Waals surface area contributed by atoms with E-state index in [-0.39, 0.29) is 6.61 Å². The molecule has 14 heavy (non-hydrogen) atoms. The van der Waals surface area contributed by atoms with Crippen LogP contribution in [-0.2, 0) is 0 Å². The maximum Gasteiger partial charge on any atom is 0.128 e. The van der Waals surface area contributed by atoms with E-state index >= 15 is 0 Å². The number of aliphatic hydroxyl groups is 1. The van der Waals surface area contributed by atoms with Gasteiger partial charge in [-0.15, -0.1) is 0 Å². The van der Waals surface area contributed by atoms with Gasteiger partial charge in [0.2, 0.25) is 0 Å². The van der Waals surface area contributed by atoms with Crippen molar-refractivity contribution >= 4 is 21.7 Å². The predicted molar refractivity (Wildman–Crippen MR) is 59.3 cm³/mol. The van der Waals surface area contributed by atoms with Gasteiger partial charge in [-0.25, -0.2) is 4.98 Å². The van der Waals surface area contributed by atoms with E-state index in [4.69, 9.17) is 5.11 Å². The van der Waals surface area contributed by atoms with Crippen LogP contribution in [0.1, 0.15) is 6.42 Å². The van der Waals surface area contributed by atoms with Gasteiger partial charge in [0.1, 0.15) is 5.82 Å². The van der Waals surface area contributed by atoms with Gasteiger partial charge in [0.05, 0.1) is 0 Å². The van der Waals surface area contributed by atoms with Crippen molar-refractivity contribution < 1.29 is 5.11 Å². The van der Waals surface area contributed by atoms with E-state index in [1.165, 1.54) is 0 Å². The zero-order valence-corrected chi connectivity index (χ0v) is 9.44. The highest BCUT2D eigenvalue weighted by Crippen LogP contribution is 2.22. The average Bonchev–Trinajstić information content (AvgIpc) is 2.67. The van der Waals surface area contributed by atoms with Gasteiger partial charge in [0, 0.05) is 36.3 Å². The maximum atomic E-state index is 9.02. The third-order valence-electron chi connectivity index (χ3n) is 2.58. The molecule has 0 aromatic carbocycles. The molecule has 3 nitrogen and oxygen atoms in total. The lowest BCUT2D eigenvalue weighted by molar-refractivity contribution is 0.238. The summed E-state index contributed by atoms with van der Waals surface area (Å²) < 4.78 is 0.999. The van der Waals surface area contributed by atoms with Crippen LogP contribution in [0.15, 0.2) is 22.8 Å². The highest BCUT2D eigenvalue weighted by atomic mass is 79.9. The van der Waals surface area contributed by atoms with Gasteiger partial charge in [-0.1, -0.05) is 0 Å². The van der Waals surface area contributed by atoms with Crippen LogP contribution in [0.25, 0.3) is 0 Å². The maximum absolute atomic E-state index is 9.02. The Morgan fingerprint density at radius 1 is 1.57 bits per heavy atom. The number of nitrogens with zero attached hydrogens (tertiary/aromatic N) is 2. The predicted octanol–water partition coefficient (Wildman–Crippen LogP) is 1.66. The van der Waals surface area contributed by atoms with Crippen LogP contribution in [0, 0.1) is 5.92 Å². The van der Waals surface area contributed by atoms with E-state index in [2.05, 4.69) is 25.8 Å². The molecule has 76 valence electrons. The Morgan fingerprint density at radius 3 is 3.00 bits per heavy atom. The Kier molecular flexibility index (Phi) is 3.03. The standard InChI is InChI=1S/C10H13BrN2O/c11-9-1-2-10(12-5-9)13-4-3-8(6-13)7-14/h1-2,5,8,14H,3-4,6-7H2. The van der Waals surface area contributed by atoms with Crippen molar-refractivity contribution in [3.63, 3.8) is 0 Å². The fourth-order valence-electron chi connectivity index (χ4n) is 1.74. The second-order valence-electron chi connectivity index (χ2n) is 3.62. The molecule has 0 saturated carbocycles. The van der Waals surface area contributed by atoms with Gasteiger partial charge in [0.25, 0.3) is 0 Å². The highest BCUT2D eigenvalue weighted by Gasteiger charge is 2.22. The Labute approximate surface area is 91.9 Å². The molecule has 1 atom stereocenters. The second-order valence-corrected chi connectivity index (χ2v) is 4.53. The van der Waals surface area contributed by atoms with Crippen molar-refractivity contribution in [1.29, 1.82) is 0 Å². The monoisotopic (exact) mass is 256 g/mol. The lowest BCUT2D eigenvalue weighted by atomic mass is 10.1. The van der Waals surface area contributed by atoms with E-state index in [1.54, 1.807) is 0 Å². The van der Waals surface area contributed by atoms with E-state index in [0.717, 1.165) is 29.8 Å². The van der Waals surface area contributed by atoms with Crippen molar-refractivity contribution in [2.24, 2.45) is 5.92 Å². The summed E-state index contributed by atoms with van der Waals surface area (Å²) in [6.07, 6.45) is 2.87. The topological polar surface area (TPSA) is 36.4 Å². The fourth-order valence-corrected chi connectivity index (χ4v) is 1.98. The van der Waals surface area contributed by atoms with Gasteiger partial charge in [-0.05, 0) is 34.5 Å². The van der Waals surface area contributed by atoms with Gasteiger partial charge in [-0.3, -0.25) is 0 Å². The first-order valence-electron chi connectivity index (χ1n) is 4.77. The van der Waals surface area contributed by atoms with Crippen molar-refractivity contribution in [3.8, 4) is 0 Å². The normalized spacial score (nSPS) is 21.6. The number of rotatable bonds is 2. The third-order valence-corrected chi connectivity index (χ3v) is 3.05. The lowest BCUT2D eigenvalue weighted by Crippen LogP contribution is -2.21. The summed E-state index contributed by atoms with van der Waals surface area (Å²) in [5, 5.41) is 9.02. The lowest BCUT2D eigenvalue weighted by Gasteiger charge is -2.16. The van der Waals surface area contributed by atoms with Crippen LogP contribution in [0.2, 0.25) is 0 Å². The van der Waals surface area contributed by atoms with E-state index in [1.807, 2.05) is 18.3 Å². The Balaban J connectivity index is 2.06. The van der Waals surface area contributed by atoms with Gasteiger partial charge in [0.15, 0.2) is 0 Å². The van der Waals surface area contributed by atoms with Crippen LogP contribution in [0.5, 0.6) is 0 Å². The molecule has 1 aliphatic heterocycles. The molecule has 0 aliphatic carbocycles. The van der Waals surface area contributed by atoms with E-state index < -0.39 is 0 Å². The van der Waals surface area contributed by atoms with E-state index in [9.17, 15) is 0 Å². The number of aromatic nitrogens is 1. The van der Waals surface area contributed by atoms with Crippen molar-refractivity contribution in [1.82, 2.24) is 4.98 Å². The van der Waals surface area contributed by atoms with Crippen molar-refractivity contribution in [2.45, 2.75) is 6.42 Å². The summed E-state index contributed by atoms with van der Waals surface area (Å²) in [4.78, 5) is 6.54. The number of anilines is 1. The van der Waals surface area contributed by atoms with Crippen LogP contribution in [0.3, 0.4) is 0 Å². The first-order valence-corrected chi connectivity index (χ1v) is 5.56. The fraction of sp³-hybridized carbons (Fsp3) is 0.500. The van der Waals surface area contributed by atoms with Gasteiger partial charge < -0.3 is 10.0 Å². The van der Waals surface area contributed by atoms with Crippen LogP contribution >= 0.6 is 15.9 Å². The van der Waals surface area contributed by atoms with Crippen molar-refractivity contribution in [3.05, 3.63) is 22.8 Å². The van der Waals surface area contributed by atoms with E-state index in [0.29, 0.717) is 5.92 Å². The summed E-state index contributed by atoms with van der Waals surface area (Å²) in [6.45, 7) is 2.21. The summed E-state index contributed by atoms with van der Waals surface area (Å²) >= 11 is 3.36. The summed E-state index contributed by atoms with van der Waals surface area (Å²) in [5.41, 5.74) is 0. The number of halogens is 1. The average molecular weight is 257 g/mol. The summed E-state index contributed by atoms with van der Waals surface area (Å²) in [7, 11) is 0. The zero-order chi connectivity index (χ0) is 9.97. The molecule has 2 heterocycles. The number of pyridine rings is 1. The molecule has 0 amide bonds. The van der Waals surface area contributed by atoms with Crippen molar-refractivity contribution in [2.75, 3.05) is 24.6 Å². The highest BCUT2D eigenvalue weighted by molar-refractivity contribution is 9.10. The molecule has 1 aromatic rings. The quantitative estimate of drug-likeness (QED) is 0.875. The summed E-state index contributed by atoms with van der Waals surface area (Å²) in [6, 6.07) is 4.00. The SMILES string of the molecule is OCC1CCN(c2ccc(Br)cn2)C1. The molecule has 1 fully saturated rings. The van der Waals surface area contributed by atoms with Crippen LogP contribution in [0.4, 0.5) is 5.82 Å². The number of hydrogen-bond acceptors (Lipinski definition) is 3. The Hall–Kier alpha value is -0.610. The molecular formula is C10H13BrN2O. The van der Waals surface area contributed by atoms with Crippen LogP contribution in [-0.4, -0.2) is 29.8 Å². The molecule has 2 rings (SSSR count). The minimum Gasteiger partial charge on any atom is -0.396 e. The Morgan fingerprint density at radius 2 is 2.43 bits per heavy atom. The number of hydrogen-bond donors (Lipinski definition) is 1. The molecule has 1 saturated heterocycles. The second kappa shape index (κ2) is 4.28. The minimum absolute atomic E-state index is 0.285. The molecular weight excluding hydrogens is 244 g/mol. The van der Waals surface area contributed by atoms with Gasteiger partial charge >= 0.3 is 0 Å². The molecule has 1 N–H and O–H groups in total. The molecule has 0 spiro atoms. The first kappa shape index (κ1) is 9.93. The van der Waals surface area contributed by atoms with Gasteiger partial charge in [-0.2, -0.15) is 0 Å². The molecule has 0 radical (unpaired) electrons. The smallest absolute Gasteiger partial charge is 0.128 e. The zero-order valence-electron chi connectivity index (χ0n) is 7.86. The van der Waals surface area contributed by atoms with Crippen LogP contribution < -0.4 is 4.90 Å². The molecule has 1 unspecified atom stereocenters. The first-order chi connectivity index (χ1) is 6.79. The largest absolute Gasteiger partial charge is 0.396 e. The molecule has 1 aliphatic rings. The summed E-state index contributed by atoms with van der Waals surface area (Å²) in [5.74, 6) is 1.42. The molecule has 0 bridgehead atoms. The Bertz CT molecular complexity index is 301.